The van der Waals surface area contributed by atoms with Crippen LogP contribution in [0.25, 0.3) is 10.6 Å². The van der Waals surface area contributed by atoms with Gasteiger partial charge in [0.15, 0.2) is 5.82 Å². The second kappa shape index (κ2) is 4.96. The fourth-order valence-electron chi connectivity index (χ4n) is 1.33. The van der Waals surface area contributed by atoms with Crippen LogP contribution in [0.3, 0.4) is 0 Å². The van der Waals surface area contributed by atoms with E-state index in [1.54, 1.807) is 11.3 Å². The van der Waals surface area contributed by atoms with Gasteiger partial charge in [-0.25, -0.2) is 10.8 Å². The van der Waals surface area contributed by atoms with Gasteiger partial charge in [-0.15, -0.1) is 11.3 Å². The van der Waals surface area contributed by atoms with E-state index in [1.807, 2.05) is 36.6 Å². The third kappa shape index (κ3) is 2.32. The number of hydrogen-bond acceptors (Lipinski definition) is 5. The molecule has 1 aromatic carbocycles. The summed E-state index contributed by atoms with van der Waals surface area (Å²) in [6.45, 7) is 2.64. The summed E-state index contributed by atoms with van der Waals surface area (Å²) in [5.41, 5.74) is 3.59. The molecule has 0 unspecified atom stereocenters. The summed E-state index contributed by atoms with van der Waals surface area (Å²) in [6, 6.07) is 7.86. The number of aromatic nitrogens is 1. The predicted octanol–water partition coefficient (Wildman–Crippen LogP) is 2.49. The maximum Gasteiger partial charge on any atom is 0.151 e. The molecule has 1 heterocycles. The van der Waals surface area contributed by atoms with E-state index in [0.717, 1.165) is 16.3 Å². The zero-order valence-corrected chi connectivity index (χ0v) is 9.75. The number of nitrogens with two attached hydrogens (primary N) is 1. The molecule has 2 rings (SSSR count). The van der Waals surface area contributed by atoms with Gasteiger partial charge in [-0.05, 0) is 31.2 Å². The Hall–Kier alpha value is -1.59. The number of rotatable bonds is 4. The van der Waals surface area contributed by atoms with Gasteiger partial charge in [0, 0.05) is 10.9 Å². The lowest BCUT2D eigenvalue weighted by atomic mass is 10.2. The van der Waals surface area contributed by atoms with Gasteiger partial charge in [0.25, 0.3) is 0 Å². The third-order valence-corrected chi connectivity index (χ3v) is 2.96. The van der Waals surface area contributed by atoms with Crippen LogP contribution in [0.15, 0.2) is 29.6 Å². The van der Waals surface area contributed by atoms with E-state index < -0.39 is 0 Å². The minimum absolute atomic E-state index is 0.678. The zero-order valence-electron chi connectivity index (χ0n) is 8.93. The van der Waals surface area contributed by atoms with E-state index in [4.69, 9.17) is 10.6 Å². The molecule has 0 atom stereocenters. The maximum atomic E-state index is 5.37. The number of benzene rings is 1. The molecule has 0 fully saturated rings. The van der Waals surface area contributed by atoms with E-state index in [1.165, 1.54) is 0 Å². The van der Waals surface area contributed by atoms with Crippen molar-refractivity contribution in [2.45, 2.75) is 6.92 Å². The lowest BCUT2D eigenvalue weighted by Crippen LogP contribution is -2.06. The average molecular weight is 235 g/mol. The Kier molecular flexibility index (Phi) is 3.38. The van der Waals surface area contributed by atoms with Crippen LogP contribution in [0.2, 0.25) is 0 Å². The monoisotopic (exact) mass is 235 g/mol. The van der Waals surface area contributed by atoms with Gasteiger partial charge in [0.1, 0.15) is 10.8 Å². The summed E-state index contributed by atoms with van der Waals surface area (Å²) in [6.07, 6.45) is 0. The molecule has 0 aliphatic heterocycles. The molecule has 0 saturated heterocycles. The van der Waals surface area contributed by atoms with Crippen molar-refractivity contribution >= 4 is 17.2 Å². The number of nitrogens with one attached hydrogen (secondary N) is 1. The lowest BCUT2D eigenvalue weighted by Gasteiger charge is -2.02. The first-order valence-corrected chi connectivity index (χ1v) is 5.87. The van der Waals surface area contributed by atoms with Crippen molar-refractivity contribution in [3.8, 4) is 16.3 Å². The molecule has 0 aliphatic rings. The Morgan fingerprint density at radius 2 is 2.12 bits per heavy atom. The number of ether oxygens (including phenoxy) is 1. The zero-order chi connectivity index (χ0) is 11.4. The van der Waals surface area contributed by atoms with Crippen LogP contribution in [0.4, 0.5) is 5.82 Å². The predicted molar refractivity (Wildman–Crippen MR) is 66.5 cm³/mol. The molecule has 2 aromatic rings. The molecular weight excluding hydrogens is 222 g/mol. The highest BCUT2D eigenvalue weighted by Crippen LogP contribution is 2.26. The lowest BCUT2D eigenvalue weighted by molar-refractivity contribution is 0.340. The van der Waals surface area contributed by atoms with Crippen molar-refractivity contribution in [3.05, 3.63) is 29.6 Å². The molecule has 1 aromatic heterocycles. The van der Waals surface area contributed by atoms with Gasteiger partial charge in [0.05, 0.1) is 6.61 Å². The minimum Gasteiger partial charge on any atom is -0.494 e. The molecule has 4 nitrogen and oxygen atoms in total. The molecule has 0 saturated carbocycles. The fourth-order valence-corrected chi connectivity index (χ4v) is 2.10. The Morgan fingerprint density at radius 1 is 1.38 bits per heavy atom. The summed E-state index contributed by atoms with van der Waals surface area (Å²) in [4.78, 5) is 4.32. The Balaban J connectivity index is 2.20. The van der Waals surface area contributed by atoms with Gasteiger partial charge < -0.3 is 10.2 Å². The number of hydrazine groups is 1. The van der Waals surface area contributed by atoms with Crippen LogP contribution in [-0.4, -0.2) is 11.6 Å². The van der Waals surface area contributed by atoms with Crippen LogP contribution in [0, 0.1) is 0 Å². The molecule has 16 heavy (non-hydrogen) atoms. The normalized spacial score (nSPS) is 10.1. The van der Waals surface area contributed by atoms with E-state index in [9.17, 15) is 0 Å². The number of thiazole rings is 1. The second-order valence-corrected chi connectivity index (χ2v) is 4.00. The van der Waals surface area contributed by atoms with Crippen LogP contribution in [0.1, 0.15) is 6.92 Å². The Morgan fingerprint density at radius 3 is 2.69 bits per heavy atom. The van der Waals surface area contributed by atoms with Crippen LogP contribution in [-0.2, 0) is 0 Å². The van der Waals surface area contributed by atoms with Crippen LogP contribution < -0.4 is 16.0 Å². The van der Waals surface area contributed by atoms with Crippen LogP contribution >= 0.6 is 11.3 Å². The summed E-state index contributed by atoms with van der Waals surface area (Å²) in [5.74, 6) is 6.84. The van der Waals surface area contributed by atoms with Gasteiger partial charge in [0.2, 0.25) is 0 Å². The molecule has 0 aliphatic carbocycles. The summed E-state index contributed by atoms with van der Waals surface area (Å²) >= 11 is 1.55. The first-order chi connectivity index (χ1) is 7.83. The molecule has 0 radical (unpaired) electrons. The highest BCUT2D eigenvalue weighted by Gasteiger charge is 2.03. The smallest absolute Gasteiger partial charge is 0.151 e. The maximum absolute atomic E-state index is 5.37. The number of nitrogen functional groups attached to an aromatic ring is 1. The van der Waals surface area contributed by atoms with E-state index >= 15 is 0 Å². The molecule has 0 amide bonds. The van der Waals surface area contributed by atoms with Gasteiger partial charge in [-0.1, -0.05) is 0 Å². The highest BCUT2D eigenvalue weighted by molar-refractivity contribution is 7.13. The van der Waals surface area contributed by atoms with Crippen molar-refractivity contribution < 1.29 is 4.74 Å². The van der Waals surface area contributed by atoms with Crippen molar-refractivity contribution in [1.29, 1.82) is 0 Å². The van der Waals surface area contributed by atoms with Gasteiger partial charge in [-0.2, -0.15) is 0 Å². The minimum atomic E-state index is 0.678. The van der Waals surface area contributed by atoms with Crippen molar-refractivity contribution in [2.24, 2.45) is 5.84 Å². The largest absolute Gasteiger partial charge is 0.494 e. The number of nitrogens with zero attached hydrogens (tertiary/aromatic N) is 1. The fraction of sp³-hybridized carbons (Fsp3) is 0.182. The Labute approximate surface area is 98.1 Å². The van der Waals surface area contributed by atoms with Crippen molar-refractivity contribution in [2.75, 3.05) is 12.0 Å². The number of hydrogen-bond donors (Lipinski definition) is 2. The van der Waals surface area contributed by atoms with E-state index in [0.29, 0.717) is 12.4 Å². The molecular formula is C11H13N3OS. The molecule has 5 heteroatoms. The molecule has 0 spiro atoms. The quantitative estimate of drug-likeness (QED) is 0.631. The molecule has 3 N–H and O–H groups in total. The van der Waals surface area contributed by atoms with Gasteiger partial charge >= 0.3 is 0 Å². The summed E-state index contributed by atoms with van der Waals surface area (Å²) < 4.78 is 5.37. The summed E-state index contributed by atoms with van der Waals surface area (Å²) in [7, 11) is 0. The van der Waals surface area contributed by atoms with Gasteiger partial charge in [-0.3, -0.25) is 0 Å². The Bertz CT molecular complexity index is 453. The SMILES string of the molecule is CCOc1ccc(-c2nc(NN)cs2)cc1. The summed E-state index contributed by atoms with van der Waals surface area (Å²) in [5, 5.41) is 2.82. The van der Waals surface area contributed by atoms with Crippen LogP contribution in [0.5, 0.6) is 5.75 Å². The van der Waals surface area contributed by atoms with E-state index in [-0.39, 0.29) is 0 Å². The number of anilines is 1. The van der Waals surface area contributed by atoms with E-state index in [2.05, 4.69) is 10.4 Å². The van der Waals surface area contributed by atoms with Crippen molar-refractivity contribution in [1.82, 2.24) is 4.98 Å². The second-order valence-electron chi connectivity index (χ2n) is 3.14. The first kappa shape index (κ1) is 10.9. The molecule has 84 valence electrons. The standard InChI is InChI=1S/C11H13N3OS/c1-2-15-9-5-3-8(4-6-9)11-13-10(14-12)7-16-11/h3-7,14H,2,12H2,1H3. The topological polar surface area (TPSA) is 60.2 Å². The third-order valence-electron chi connectivity index (χ3n) is 2.06. The molecule has 0 bridgehead atoms. The first-order valence-electron chi connectivity index (χ1n) is 4.99. The highest BCUT2D eigenvalue weighted by atomic mass is 32.1. The van der Waals surface area contributed by atoms with Crippen molar-refractivity contribution in [3.63, 3.8) is 0 Å². The average Bonchev–Trinajstić information content (AvgIpc) is 2.79.